The van der Waals surface area contributed by atoms with Crippen LogP contribution < -0.4 is 15.2 Å². The molecule has 3 aromatic rings. The molecule has 0 saturated carbocycles. The lowest BCUT2D eigenvalue weighted by atomic mass is 9.81. The molecule has 126 valence electrons. The summed E-state index contributed by atoms with van der Waals surface area (Å²) in [4.78, 5) is 0. The molecule has 1 unspecified atom stereocenters. The van der Waals surface area contributed by atoms with Crippen LogP contribution in [0.5, 0.6) is 5.75 Å². The minimum Gasteiger partial charge on any atom is -0.497 e. The van der Waals surface area contributed by atoms with Crippen LogP contribution >= 0.6 is 0 Å². The smallest absolute Gasteiger partial charge is 0.119 e. The van der Waals surface area contributed by atoms with Gasteiger partial charge in [-0.15, -0.1) is 0 Å². The molecule has 0 aliphatic heterocycles. The van der Waals surface area contributed by atoms with E-state index in [9.17, 15) is 0 Å². The topological polar surface area (TPSA) is 18.5 Å². The highest BCUT2D eigenvalue weighted by Crippen LogP contribution is 2.35. The Labute approximate surface area is 148 Å². The van der Waals surface area contributed by atoms with Crippen molar-refractivity contribution < 1.29 is 9.47 Å². The summed E-state index contributed by atoms with van der Waals surface area (Å²) in [5.41, 5.74) is 2.09. The quantitative estimate of drug-likeness (QED) is 0.728. The molecule has 0 aromatic heterocycles. The van der Waals surface area contributed by atoms with E-state index in [1.807, 2.05) is 12.1 Å². The number of fused-ring (bicyclic) bond motifs is 3. The Morgan fingerprint density at radius 2 is 1.68 bits per heavy atom. The van der Waals surface area contributed by atoms with Crippen molar-refractivity contribution in [2.45, 2.75) is 18.9 Å². The van der Waals surface area contributed by atoms with E-state index in [-0.39, 0.29) is 0 Å². The van der Waals surface area contributed by atoms with E-state index in [4.69, 9.17) is 9.47 Å². The monoisotopic (exact) mass is 330 g/mol. The standard InChI is InChI=1S/C23H22O2/c1-16-14-23(25-3,18-7-5-4-6-8-18)15-22-20(16)12-10-17-9-11-19(24-2)13-21(17)22/h4-13,15H,14H2,1-3H3. The van der Waals surface area contributed by atoms with Crippen LogP contribution in [0.3, 0.4) is 0 Å². The Hall–Kier alpha value is -2.58. The molecule has 0 fully saturated rings. The number of hydrogen-bond acceptors (Lipinski definition) is 2. The maximum Gasteiger partial charge on any atom is 0.119 e. The van der Waals surface area contributed by atoms with Gasteiger partial charge in [0.2, 0.25) is 0 Å². The Balaban J connectivity index is 2.09. The van der Waals surface area contributed by atoms with E-state index < -0.39 is 5.60 Å². The van der Waals surface area contributed by atoms with Gasteiger partial charge in [-0.05, 0) is 51.9 Å². The summed E-state index contributed by atoms with van der Waals surface area (Å²) in [6.07, 6.45) is 3.14. The first-order chi connectivity index (χ1) is 12.2. The molecule has 1 atom stereocenters. The zero-order chi connectivity index (χ0) is 17.4. The van der Waals surface area contributed by atoms with Crippen molar-refractivity contribution in [2.75, 3.05) is 14.2 Å². The highest BCUT2D eigenvalue weighted by atomic mass is 16.5. The lowest BCUT2D eigenvalue weighted by molar-refractivity contribution is 0.0468. The van der Waals surface area contributed by atoms with Gasteiger partial charge in [0.15, 0.2) is 0 Å². The molecule has 0 heterocycles. The largest absolute Gasteiger partial charge is 0.497 e. The zero-order valence-corrected chi connectivity index (χ0v) is 14.9. The van der Waals surface area contributed by atoms with Crippen molar-refractivity contribution in [1.82, 2.24) is 0 Å². The maximum atomic E-state index is 6.09. The van der Waals surface area contributed by atoms with Crippen molar-refractivity contribution in [3.63, 3.8) is 0 Å². The molecule has 0 radical (unpaired) electrons. The van der Waals surface area contributed by atoms with Crippen LogP contribution in [0, 0.1) is 0 Å². The SMILES string of the molecule is COc1ccc2ccc3c(c2c1)=CC(OC)(c1ccccc1)CC=3C. The van der Waals surface area contributed by atoms with E-state index in [1.54, 1.807) is 14.2 Å². The Morgan fingerprint density at radius 3 is 2.40 bits per heavy atom. The minimum absolute atomic E-state index is 0.435. The molecular weight excluding hydrogens is 308 g/mol. The summed E-state index contributed by atoms with van der Waals surface area (Å²) in [6, 6.07) is 21.1. The lowest BCUT2D eigenvalue weighted by Crippen LogP contribution is -2.40. The van der Waals surface area contributed by atoms with Gasteiger partial charge in [0.1, 0.15) is 11.4 Å². The summed E-state index contributed by atoms with van der Waals surface area (Å²) >= 11 is 0. The lowest BCUT2D eigenvalue weighted by Gasteiger charge is -2.33. The van der Waals surface area contributed by atoms with Gasteiger partial charge in [0.25, 0.3) is 0 Å². The summed E-state index contributed by atoms with van der Waals surface area (Å²) in [5.74, 6) is 0.875. The number of ether oxygens (including phenoxy) is 2. The Bertz CT molecular complexity index is 1050. The van der Waals surface area contributed by atoms with Gasteiger partial charge >= 0.3 is 0 Å². The van der Waals surface area contributed by atoms with E-state index in [0.717, 1.165) is 12.2 Å². The normalized spacial score (nSPS) is 19.4. The molecule has 4 rings (SSSR count). The second kappa shape index (κ2) is 6.05. The number of benzene rings is 3. The predicted octanol–water partition coefficient (Wildman–Crippen LogP) is 3.75. The fourth-order valence-corrected chi connectivity index (χ4v) is 3.90. The van der Waals surface area contributed by atoms with E-state index in [1.165, 1.54) is 32.3 Å². The molecule has 1 aliphatic rings. The summed E-state index contributed by atoms with van der Waals surface area (Å²) in [6.45, 7) is 2.20. The molecule has 2 nitrogen and oxygen atoms in total. The van der Waals surface area contributed by atoms with Crippen LogP contribution in [-0.4, -0.2) is 14.2 Å². The molecule has 0 bridgehead atoms. The first-order valence-corrected chi connectivity index (χ1v) is 8.57. The second-order valence-electron chi connectivity index (χ2n) is 6.67. The Morgan fingerprint density at radius 1 is 0.920 bits per heavy atom. The van der Waals surface area contributed by atoms with E-state index in [2.05, 4.69) is 61.5 Å². The molecular formula is C23H22O2. The molecule has 0 amide bonds. The van der Waals surface area contributed by atoms with Crippen molar-refractivity contribution >= 4 is 22.4 Å². The van der Waals surface area contributed by atoms with Crippen molar-refractivity contribution in [3.05, 3.63) is 76.7 Å². The van der Waals surface area contributed by atoms with Crippen LogP contribution in [-0.2, 0) is 10.3 Å². The van der Waals surface area contributed by atoms with Gasteiger partial charge in [-0.3, -0.25) is 0 Å². The number of rotatable bonds is 3. The van der Waals surface area contributed by atoms with Gasteiger partial charge in [-0.1, -0.05) is 54.1 Å². The van der Waals surface area contributed by atoms with Gasteiger partial charge < -0.3 is 9.47 Å². The van der Waals surface area contributed by atoms with Crippen LogP contribution in [0.4, 0.5) is 0 Å². The molecule has 3 aromatic carbocycles. The number of methoxy groups -OCH3 is 2. The first kappa shape index (κ1) is 15.9. The van der Waals surface area contributed by atoms with Gasteiger partial charge in [-0.25, -0.2) is 0 Å². The summed E-state index contributed by atoms with van der Waals surface area (Å²) < 4.78 is 11.5. The van der Waals surface area contributed by atoms with Gasteiger partial charge in [0.05, 0.1) is 7.11 Å². The van der Waals surface area contributed by atoms with E-state index in [0.29, 0.717) is 0 Å². The van der Waals surface area contributed by atoms with Crippen molar-refractivity contribution in [1.29, 1.82) is 0 Å². The summed E-state index contributed by atoms with van der Waals surface area (Å²) in [5, 5.41) is 4.94. The first-order valence-electron chi connectivity index (χ1n) is 8.57. The average molecular weight is 330 g/mol. The highest BCUT2D eigenvalue weighted by Gasteiger charge is 2.32. The van der Waals surface area contributed by atoms with Crippen LogP contribution in [0.2, 0.25) is 0 Å². The van der Waals surface area contributed by atoms with Crippen LogP contribution in [0.15, 0.2) is 60.7 Å². The molecule has 1 aliphatic carbocycles. The number of hydrogen-bond donors (Lipinski definition) is 0. The predicted molar refractivity (Wildman–Crippen MR) is 103 cm³/mol. The molecule has 0 spiro atoms. The molecule has 0 saturated heterocycles. The molecule has 2 heteroatoms. The van der Waals surface area contributed by atoms with Gasteiger partial charge in [0, 0.05) is 13.5 Å². The fraction of sp³-hybridized carbons (Fsp3) is 0.217. The van der Waals surface area contributed by atoms with E-state index >= 15 is 0 Å². The van der Waals surface area contributed by atoms with Crippen molar-refractivity contribution in [3.8, 4) is 5.75 Å². The van der Waals surface area contributed by atoms with Crippen molar-refractivity contribution in [2.24, 2.45) is 0 Å². The molecule has 0 N–H and O–H groups in total. The second-order valence-corrected chi connectivity index (χ2v) is 6.67. The van der Waals surface area contributed by atoms with Crippen LogP contribution in [0.25, 0.3) is 22.4 Å². The fourth-order valence-electron chi connectivity index (χ4n) is 3.90. The van der Waals surface area contributed by atoms with Gasteiger partial charge in [-0.2, -0.15) is 0 Å². The minimum atomic E-state index is -0.435. The third-order valence-corrected chi connectivity index (χ3v) is 5.26. The summed E-state index contributed by atoms with van der Waals surface area (Å²) in [7, 11) is 3.51. The third kappa shape index (κ3) is 2.54. The van der Waals surface area contributed by atoms with Crippen LogP contribution in [0.1, 0.15) is 18.9 Å². The zero-order valence-electron chi connectivity index (χ0n) is 14.9. The third-order valence-electron chi connectivity index (χ3n) is 5.26. The average Bonchev–Trinajstić information content (AvgIpc) is 2.68. The highest BCUT2D eigenvalue weighted by molar-refractivity contribution is 5.86. The Kier molecular flexibility index (Phi) is 3.85. The maximum absolute atomic E-state index is 6.09. The molecule has 25 heavy (non-hydrogen) atoms.